The van der Waals surface area contributed by atoms with Gasteiger partial charge in [0.15, 0.2) is 0 Å². The summed E-state index contributed by atoms with van der Waals surface area (Å²) in [6, 6.07) is 10.8. The van der Waals surface area contributed by atoms with Gasteiger partial charge in [0, 0.05) is 29.0 Å². The lowest BCUT2D eigenvalue weighted by atomic mass is 10.2. The molecule has 5 nitrogen and oxygen atoms in total. The molecule has 0 unspecified atom stereocenters. The van der Waals surface area contributed by atoms with Crippen molar-refractivity contribution in [1.82, 2.24) is 15.1 Å². The van der Waals surface area contributed by atoms with Gasteiger partial charge in [0.2, 0.25) is 0 Å². The van der Waals surface area contributed by atoms with Crippen LogP contribution in [0.25, 0.3) is 0 Å². The first-order valence-corrected chi connectivity index (χ1v) is 8.90. The van der Waals surface area contributed by atoms with E-state index in [0.717, 1.165) is 23.4 Å². The van der Waals surface area contributed by atoms with Crippen molar-refractivity contribution in [3.63, 3.8) is 0 Å². The van der Waals surface area contributed by atoms with Crippen LogP contribution in [0.1, 0.15) is 34.8 Å². The summed E-state index contributed by atoms with van der Waals surface area (Å²) in [7, 11) is 0. The third-order valence-electron chi connectivity index (χ3n) is 3.82. The van der Waals surface area contributed by atoms with Crippen LogP contribution < -0.4 is 10.9 Å². The minimum absolute atomic E-state index is 0.131. The van der Waals surface area contributed by atoms with Crippen LogP contribution in [-0.4, -0.2) is 28.5 Å². The van der Waals surface area contributed by atoms with Gasteiger partial charge in [0.25, 0.3) is 11.5 Å². The fourth-order valence-corrected chi connectivity index (χ4v) is 2.82. The zero-order chi connectivity index (χ0) is 16.2. The summed E-state index contributed by atoms with van der Waals surface area (Å²) < 4.78 is 1.44. The second kappa shape index (κ2) is 7.00. The van der Waals surface area contributed by atoms with Gasteiger partial charge < -0.3 is 5.32 Å². The molecule has 1 aromatic heterocycles. The maximum atomic E-state index is 12.1. The number of amides is 1. The highest BCUT2D eigenvalue weighted by molar-refractivity contribution is 7.98. The molecule has 1 heterocycles. The summed E-state index contributed by atoms with van der Waals surface area (Å²) in [6.07, 6.45) is 4.27. The minimum atomic E-state index is -0.132. The van der Waals surface area contributed by atoms with Crippen molar-refractivity contribution in [2.45, 2.75) is 30.2 Å². The number of hydrogen-bond donors (Lipinski definition) is 1. The van der Waals surface area contributed by atoms with E-state index in [4.69, 9.17) is 0 Å². The number of nitrogens with one attached hydrogen (secondary N) is 1. The molecule has 1 N–H and O–H groups in total. The summed E-state index contributed by atoms with van der Waals surface area (Å²) in [5.41, 5.74) is 1.47. The number of carbonyl (C=O) groups is 1. The SMILES string of the molecule is CSc1cccc(C(=O)NCCn2nc(C3CC3)ccc2=O)c1. The number of aromatic nitrogens is 2. The molecule has 1 saturated carbocycles. The Kier molecular flexibility index (Phi) is 4.81. The summed E-state index contributed by atoms with van der Waals surface area (Å²) in [6.45, 7) is 0.761. The van der Waals surface area contributed by atoms with Gasteiger partial charge >= 0.3 is 0 Å². The second-order valence-electron chi connectivity index (χ2n) is 5.58. The number of rotatable bonds is 6. The van der Waals surface area contributed by atoms with Gasteiger partial charge in [0.1, 0.15) is 0 Å². The molecule has 1 aliphatic carbocycles. The van der Waals surface area contributed by atoms with Gasteiger partial charge in [-0.2, -0.15) is 5.10 Å². The molecule has 3 rings (SSSR count). The lowest BCUT2D eigenvalue weighted by Crippen LogP contribution is -2.32. The van der Waals surface area contributed by atoms with Crippen molar-refractivity contribution >= 4 is 17.7 Å². The number of nitrogens with zero attached hydrogens (tertiary/aromatic N) is 2. The smallest absolute Gasteiger partial charge is 0.266 e. The zero-order valence-electron chi connectivity index (χ0n) is 13.0. The van der Waals surface area contributed by atoms with Crippen molar-refractivity contribution in [2.75, 3.05) is 12.8 Å². The molecule has 0 atom stereocenters. The standard InChI is InChI=1S/C17H19N3O2S/c1-23-14-4-2-3-13(11-14)17(22)18-9-10-20-16(21)8-7-15(19-20)12-5-6-12/h2-4,7-8,11-12H,5-6,9-10H2,1H3,(H,18,22). The molecule has 1 aliphatic rings. The molecule has 6 heteroatoms. The Morgan fingerprint density at radius 2 is 2.17 bits per heavy atom. The first kappa shape index (κ1) is 15.8. The van der Waals surface area contributed by atoms with Crippen molar-refractivity contribution in [2.24, 2.45) is 0 Å². The monoisotopic (exact) mass is 329 g/mol. The van der Waals surface area contributed by atoms with Crippen LogP contribution in [0.15, 0.2) is 46.1 Å². The number of carbonyl (C=O) groups excluding carboxylic acids is 1. The van der Waals surface area contributed by atoms with E-state index in [0.29, 0.717) is 24.6 Å². The molecule has 1 amide bonds. The van der Waals surface area contributed by atoms with E-state index in [1.165, 1.54) is 4.68 Å². The lowest BCUT2D eigenvalue weighted by Gasteiger charge is -2.08. The van der Waals surface area contributed by atoms with Gasteiger partial charge in [-0.1, -0.05) is 6.07 Å². The van der Waals surface area contributed by atoms with E-state index in [1.807, 2.05) is 30.5 Å². The third-order valence-corrected chi connectivity index (χ3v) is 4.55. The lowest BCUT2D eigenvalue weighted by molar-refractivity contribution is 0.0951. The fourth-order valence-electron chi connectivity index (χ4n) is 2.36. The van der Waals surface area contributed by atoms with Crippen molar-refractivity contribution in [3.05, 3.63) is 58.0 Å². The molecule has 1 aromatic carbocycles. The van der Waals surface area contributed by atoms with Crippen LogP contribution in [-0.2, 0) is 6.54 Å². The van der Waals surface area contributed by atoms with Crippen LogP contribution in [0.4, 0.5) is 0 Å². The summed E-state index contributed by atoms with van der Waals surface area (Å²) in [5.74, 6) is 0.373. The van der Waals surface area contributed by atoms with E-state index in [-0.39, 0.29) is 11.5 Å². The maximum absolute atomic E-state index is 12.1. The molecule has 2 aromatic rings. The zero-order valence-corrected chi connectivity index (χ0v) is 13.8. The average molecular weight is 329 g/mol. The van der Waals surface area contributed by atoms with E-state index in [1.54, 1.807) is 23.9 Å². The topological polar surface area (TPSA) is 64.0 Å². The molecule has 120 valence electrons. The second-order valence-corrected chi connectivity index (χ2v) is 6.46. The van der Waals surface area contributed by atoms with Crippen LogP contribution in [0.2, 0.25) is 0 Å². The molecule has 1 fully saturated rings. The normalized spacial score (nSPS) is 13.8. The quantitative estimate of drug-likeness (QED) is 0.826. The van der Waals surface area contributed by atoms with Crippen LogP contribution in [0.5, 0.6) is 0 Å². The van der Waals surface area contributed by atoms with Crippen LogP contribution in [0, 0.1) is 0 Å². The average Bonchev–Trinajstić information content (AvgIpc) is 3.41. The predicted octanol–water partition coefficient (Wildman–Crippen LogP) is 2.27. The predicted molar refractivity (Wildman–Crippen MR) is 91.0 cm³/mol. The molecular weight excluding hydrogens is 310 g/mol. The molecule has 23 heavy (non-hydrogen) atoms. The summed E-state index contributed by atoms with van der Waals surface area (Å²) in [4.78, 5) is 25.0. The Balaban J connectivity index is 1.59. The Morgan fingerprint density at radius 3 is 2.91 bits per heavy atom. The van der Waals surface area contributed by atoms with Crippen molar-refractivity contribution < 1.29 is 4.79 Å². The van der Waals surface area contributed by atoms with Gasteiger partial charge in [-0.15, -0.1) is 11.8 Å². The highest BCUT2D eigenvalue weighted by atomic mass is 32.2. The third kappa shape index (κ3) is 4.01. The van der Waals surface area contributed by atoms with Crippen molar-refractivity contribution in [1.29, 1.82) is 0 Å². The van der Waals surface area contributed by atoms with E-state index in [2.05, 4.69) is 10.4 Å². The Bertz CT molecular complexity index is 768. The van der Waals surface area contributed by atoms with E-state index in [9.17, 15) is 9.59 Å². The first-order valence-electron chi connectivity index (χ1n) is 7.67. The van der Waals surface area contributed by atoms with Gasteiger partial charge in [-0.05, 0) is 43.4 Å². The molecule has 0 radical (unpaired) electrons. The van der Waals surface area contributed by atoms with Crippen LogP contribution in [0.3, 0.4) is 0 Å². The number of thioether (sulfide) groups is 1. The molecule has 0 saturated heterocycles. The van der Waals surface area contributed by atoms with E-state index >= 15 is 0 Å². The largest absolute Gasteiger partial charge is 0.350 e. The molecule has 0 aliphatic heterocycles. The highest BCUT2D eigenvalue weighted by Gasteiger charge is 2.25. The maximum Gasteiger partial charge on any atom is 0.266 e. The van der Waals surface area contributed by atoms with Gasteiger partial charge in [-0.3, -0.25) is 9.59 Å². The van der Waals surface area contributed by atoms with Gasteiger partial charge in [0.05, 0.1) is 12.2 Å². The number of hydrogen-bond acceptors (Lipinski definition) is 4. The summed E-state index contributed by atoms with van der Waals surface area (Å²) in [5, 5.41) is 7.22. The Labute approximate surface area is 139 Å². The minimum Gasteiger partial charge on any atom is -0.350 e. The molecule has 0 spiro atoms. The number of benzene rings is 1. The van der Waals surface area contributed by atoms with Gasteiger partial charge in [-0.25, -0.2) is 4.68 Å². The first-order chi connectivity index (χ1) is 11.2. The summed E-state index contributed by atoms with van der Waals surface area (Å²) >= 11 is 1.60. The van der Waals surface area contributed by atoms with Crippen molar-refractivity contribution in [3.8, 4) is 0 Å². The fraction of sp³-hybridized carbons (Fsp3) is 0.353. The Morgan fingerprint density at radius 1 is 1.35 bits per heavy atom. The Hall–Kier alpha value is -2.08. The highest BCUT2D eigenvalue weighted by Crippen LogP contribution is 2.38. The van der Waals surface area contributed by atoms with Crippen LogP contribution >= 0.6 is 11.8 Å². The van der Waals surface area contributed by atoms with E-state index < -0.39 is 0 Å². The molecule has 0 bridgehead atoms. The molecular formula is C17H19N3O2S.